The number of halogens is 1. The zero-order chi connectivity index (χ0) is 10.1. The van der Waals surface area contributed by atoms with Crippen molar-refractivity contribution in [3.8, 4) is 5.88 Å². The van der Waals surface area contributed by atoms with E-state index in [0.717, 1.165) is 10.9 Å². The number of rotatable bonds is 1. The normalized spacial score (nSPS) is 10.6. The average molecular weight is 210 g/mol. The monoisotopic (exact) mass is 209 g/mol. The van der Waals surface area contributed by atoms with Crippen LogP contribution >= 0.6 is 11.6 Å². The van der Waals surface area contributed by atoms with E-state index in [2.05, 4.69) is 9.97 Å². The highest BCUT2D eigenvalue weighted by Crippen LogP contribution is 2.22. The summed E-state index contributed by atoms with van der Waals surface area (Å²) in [4.78, 5) is 7.84. The molecule has 0 spiro atoms. The maximum atomic E-state index is 9.28. The Morgan fingerprint density at radius 1 is 1.36 bits per heavy atom. The molecular formula is C9H8ClN3O. The number of hydrogen-bond acceptors (Lipinski definition) is 4. The van der Waals surface area contributed by atoms with Gasteiger partial charge in [0, 0.05) is 17.3 Å². The van der Waals surface area contributed by atoms with Crippen molar-refractivity contribution < 1.29 is 5.11 Å². The second-order valence-corrected chi connectivity index (χ2v) is 3.15. The third-order valence-corrected chi connectivity index (χ3v) is 2.20. The quantitative estimate of drug-likeness (QED) is 0.701. The molecule has 0 saturated heterocycles. The van der Waals surface area contributed by atoms with E-state index in [1.54, 1.807) is 12.1 Å². The molecular weight excluding hydrogens is 202 g/mol. The third-order valence-electron chi connectivity index (χ3n) is 1.91. The first kappa shape index (κ1) is 9.02. The summed E-state index contributed by atoms with van der Waals surface area (Å²) in [7, 11) is 0. The second-order valence-electron chi connectivity index (χ2n) is 2.88. The fraction of sp³-hybridized carbons (Fsp3) is 0.111. The van der Waals surface area contributed by atoms with Gasteiger partial charge in [-0.3, -0.25) is 0 Å². The molecule has 0 saturated carbocycles. The lowest BCUT2D eigenvalue weighted by molar-refractivity contribution is 0.455. The summed E-state index contributed by atoms with van der Waals surface area (Å²) in [5.41, 5.74) is 6.71. The van der Waals surface area contributed by atoms with Crippen LogP contribution in [0.2, 0.25) is 0 Å². The molecule has 0 aliphatic carbocycles. The van der Waals surface area contributed by atoms with Gasteiger partial charge in [-0.15, -0.1) is 11.6 Å². The van der Waals surface area contributed by atoms with Gasteiger partial charge < -0.3 is 10.8 Å². The number of aromatic hydroxyl groups is 1. The highest BCUT2D eigenvalue weighted by atomic mass is 35.5. The fourth-order valence-electron chi connectivity index (χ4n) is 1.28. The largest absolute Gasteiger partial charge is 0.493 e. The van der Waals surface area contributed by atoms with Crippen molar-refractivity contribution in [3.05, 3.63) is 23.8 Å². The molecule has 3 N–H and O–H groups in total. The van der Waals surface area contributed by atoms with E-state index in [9.17, 15) is 5.11 Å². The van der Waals surface area contributed by atoms with Crippen molar-refractivity contribution in [1.29, 1.82) is 0 Å². The maximum Gasteiger partial charge on any atom is 0.213 e. The maximum absolute atomic E-state index is 9.28. The second kappa shape index (κ2) is 3.31. The summed E-state index contributed by atoms with van der Waals surface area (Å²) < 4.78 is 0. The number of pyridine rings is 2. The molecule has 0 fully saturated rings. The van der Waals surface area contributed by atoms with E-state index in [0.29, 0.717) is 17.3 Å². The standard InChI is InChI=1S/C9H8ClN3O/c10-4-5-3-8(14)13-9-6(5)1-2-7(11)12-9/h1-3H,4H2,(H3,11,12,13,14). The van der Waals surface area contributed by atoms with Crippen LogP contribution in [0.25, 0.3) is 11.0 Å². The number of anilines is 1. The van der Waals surface area contributed by atoms with Gasteiger partial charge >= 0.3 is 0 Å². The zero-order valence-corrected chi connectivity index (χ0v) is 7.99. The minimum absolute atomic E-state index is 0.0914. The van der Waals surface area contributed by atoms with E-state index < -0.39 is 0 Å². The van der Waals surface area contributed by atoms with Gasteiger partial charge in [0.1, 0.15) is 5.82 Å². The van der Waals surface area contributed by atoms with Gasteiger partial charge in [0.2, 0.25) is 5.88 Å². The van der Waals surface area contributed by atoms with Gasteiger partial charge in [-0.05, 0) is 17.7 Å². The first-order chi connectivity index (χ1) is 6.70. The molecule has 0 amide bonds. The Labute approximate surface area is 85.4 Å². The van der Waals surface area contributed by atoms with Crippen molar-refractivity contribution >= 4 is 28.5 Å². The highest BCUT2D eigenvalue weighted by molar-refractivity contribution is 6.18. The van der Waals surface area contributed by atoms with E-state index >= 15 is 0 Å². The van der Waals surface area contributed by atoms with Crippen LogP contribution in [0.5, 0.6) is 5.88 Å². The van der Waals surface area contributed by atoms with Crippen LogP contribution in [0.1, 0.15) is 5.56 Å². The van der Waals surface area contributed by atoms with Gasteiger partial charge in [0.15, 0.2) is 5.65 Å². The molecule has 72 valence electrons. The van der Waals surface area contributed by atoms with Gasteiger partial charge in [-0.1, -0.05) is 0 Å². The number of nitrogens with two attached hydrogens (primary N) is 1. The fourth-order valence-corrected chi connectivity index (χ4v) is 1.50. The summed E-state index contributed by atoms with van der Waals surface area (Å²) in [6, 6.07) is 4.99. The van der Waals surface area contributed by atoms with E-state index in [-0.39, 0.29) is 5.88 Å². The number of aromatic nitrogens is 2. The lowest BCUT2D eigenvalue weighted by Crippen LogP contribution is -1.94. The summed E-state index contributed by atoms with van der Waals surface area (Å²) in [6.45, 7) is 0. The number of hydrogen-bond donors (Lipinski definition) is 2. The molecule has 0 atom stereocenters. The van der Waals surface area contributed by atoms with Crippen molar-refractivity contribution in [2.45, 2.75) is 5.88 Å². The van der Waals surface area contributed by atoms with Crippen molar-refractivity contribution in [2.75, 3.05) is 5.73 Å². The van der Waals surface area contributed by atoms with Crippen LogP contribution in [0.15, 0.2) is 18.2 Å². The molecule has 2 aromatic heterocycles. The molecule has 2 aromatic rings. The van der Waals surface area contributed by atoms with Crippen LogP contribution in [0.4, 0.5) is 5.82 Å². The molecule has 2 rings (SSSR count). The van der Waals surface area contributed by atoms with Gasteiger partial charge in [-0.2, -0.15) is 4.98 Å². The molecule has 0 aromatic carbocycles. The minimum Gasteiger partial charge on any atom is -0.493 e. The van der Waals surface area contributed by atoms with E-state index in [4.69, 9.17) is 17.3 Å². The van der Waals surface area contributed by atoms with Crippen LogP contribution in [-0.2, 0) is 5.88 Å². The Balaban J connectivity index is 2.81. The van der Waals surface area contributed by atoms with Gasteiger partial charge in [0.25, 0.3) is 0 Å². The molecule has 0 radical (unpaired) electrons. The SMILES string of the molecule is Nc1ccc2c(CCl)cc(O)nc2n1. The number of fused-ring (bicyclic) bond motifs is 1. The van der Waals surface area contributed by atoms with Crippen LogP contribution in [0, 0.1) is 0 Å². The molecule has 0 unspecified atom stereocenters. The average Bonchev–Trinajstić information content (AvgIpc) is 2.15. The first-order valence-corrected chi connectivity index (χ1v) is 4.55. The number of alkyl halides is 1. The molecule has 4 nitrogen and oxygen atoms in total. The Hall–Kier alpha value is -1.55. The van der Waals surface area contributed by atoms with Gasteiger partial charge in [-0.25, -0.2) is 4.98 Å². The third kappa shape index (κ3) is 1.44. The highest BCUT2D eigenvalue weighted by Gasteiger charge is 2.05. The van der Waals surface area contributed by atoms with Crippen LogP contribution in [-0.4, -0.2) is 15.1 Å². The summed E-state index contributed by atoms with van der Waals surface area (Å²) in [5.74, 6) is 0.584. The molecule has 0 bridgehead atoms. The van der Waals surface area contributed by atoms with E-state index in [1.807, 2.05) is 0 Å². The molecule has 0 aliphatic heterocycles. The predicted molar refractivity (Wildman–Crippen MR) is 55.2 cm³/mol. The summed E-state index contributed by atoms with van der Waals surface area (Å²) in [5, 5.41) is 10.1. The predicted octanol–water partition coefficient (Wildman–Crippen LogP) is 1.66. The summed E-state index contributed by atoms with van der Waals surface area (Å²) in [6.07, 6.45) is 0. The summed E-state index contributed by atoms with van der Waals surface area (Å²) >= 11 is 5.72. The van der Waals surface area contributed by atoms with E-state index in [1.165, 1.54) is 6.07 Å². The Morgan fingerprint density at radius 3 is 2.86 bits per heavy atom. The number of nitrogens with zero attached hydrogens (tertiary/aromatic N) is 2. The molecule has 2 heterocycles. The van der Waals surface area contributed by atoms with Crippen molar-refractivity contribution in [1.82, 2.24) is 9.97 Å². The Kier molecular flexibility index (Phi) is 2.13. The lowest BCUT2D eigenvalue weighted by Gasteiger charge is -2.03. The van der Waals surface area contributed by atoms with Crippen molar-refractivity contribution in [3.63, 3.8) is 0 Å². The Bertz CT molecular complexity index is 481. The topological polar surface area (TPSA) is 72.0 Å². The van der Waals surface area contributed by atoms with Crippen LogP contribution in [0.3, 0.4) is 0 Å². The van der Waals surface area contributed by atoms with Gasteiger partial charge in [0.05, 0.1) is 0 Å². The zero-order valence-electron chi connectivity index (χ0n) is 7.24. The number of nitrogen functional groups attached to an aromatic ring is 1. The van der Waals surface area contributed by atoms with Crippen molar-refractivity contribution in [2.24, 2.45) is 0 Å². The first-order valence-electron chi connectivity index (χ1n) is 4.02. The molecule has 0 aliphatic rings. The minimum atomic E-state index is -0.0914. The Morgan fingerprint density at radius 2 is 2.14 bits per heavy atom. The lowest BCUT2D eigenvalue weighted by atomic mass is 10.2. The molecule has 14 heavy (non-hydrogen) atoms. The smallest absolute Gasteiger partial charge is 0.213 e. The van der Waals surface area contributed by atoms with Crippen LogP contribution < -0.4 is 5.73 Å². The molecule has 5 heteroatoms.